The molecule has 10 atom stereocenters. The number of phenols is 2. The van der Waals surface area contributed by atoms with E-state index < -0.39 is 79.0 Å². The Morgan fingerprint density at radius 1 is 0.829 bits per heavy atom. The number of aliphatic hydroxyl groups excluding tert-OH is 7. The molecule has 41 heavy (non-hydrogen) atoms. The molecule has 2 fully saturated rings. The third kappa shape index (κ3) is 5.14. The molecule has 5 rings (SSSR count). The van der Waals surface area contributed by atoms with Gasteiger partial charge in [-0.3, -0.25) is 4.79 Å². The highest BCUT2D eigenvalue weighted by molar-refractivity contribution is 5.89. The van der Waals surface area contributed by atoms with Crippen molar-refractivity contribution in [2.24, 2.45) is 0 Å². The predicted molar refractivity (Wildman–Crippen MR) is 137 cm³/mol. The molecular formula is C27H30O14. The van der Waals surface area contributed by atoms with Crippen LogP contribution in [0.5, 0.6) is 17.2 Å². The number of aromatic hydroxyl groups is 2. The van der Waals surface area contributed by atoms with Crippen LogP contribution in [0.4, 0.5) is 0 Å². The average molecular weight is 579 g/mol. The lowest BCUT2D eigenvalue weighted by atomic mass is 9.89. The third-order valence-corrected chi connectivity index (χ3v) is 7.36. The summed E-state index contributed by atoms with van der Waals surface area (Å²) in [6.07, 6.45) is -16.1. The van der Waals surface area contributed by atoms with Crippen molar-refractivity contribution >= 4 is 11.0 Å². The van der Waals surface area contributed by atoms with Gasteiger partial charge in [-0.15, -0.1) is 0 Å². The van der Waals surface area contributed by atoms with Crippen LogP contribution in [0.25, 0.3) is 22.3 Å². The lowest BCUT2D eigenvalue weighted by molar-refractivity contribution is -0.269. The lowest BCUT2D eigenvalue weighted by Crippen LogP contribution is -2.58. The summed E-state index contributed by atoms with van der Waals surface area (Å²) < 4.78 is 23.1. The fourth-order valence-corrected chi connectivity index (χ4v) is 5.02. The minimum atomic E-state index is -1.88. The first kappa shape index (κ1) is 29.2. The molecule has 2 aromatic carbocycles. The van der Waals surface area contributed by atoms with Gasteiger partial charge in [0.05, 0.1) is 18.3 Å². The maximum atomic E-state index is 13.2. The zero-order valence-electron chi connectivity index (χ0n) is 21.5. The molecule has 14 nitrogen and oxygen atoms in total. The van der Waals surface area contributed by atoms with Crippen molar-refractivity contribution in [3.05, 3.63) is 52.2 Å². The minimum absolute atomic E-state index is 0.0361. The number of aliphatic hydroxyl groups is 7. The van der Waals surface area contributed by atoms with Crippen molar-refractivity contribution in [3.63, 3.8) is 0 Å². The summed E-state index contributed by atoms with van der Waals surface area (Å²) in [5.74, 6) is -1.12. The summed E-state index contributed by atoms with van der Waals surface area (Å²) in [6.45, 7) is 0.637. The molecule has 0 amide bonds. The number of fused-ring (bicyclic) bond motifs is 1. The molecule has 0 saturated carbocycles. The van der Waals surface area contributed by atoms with Crippen molar-refractivity contribution in [2.75, 3.05) is 6.61 Å². The predicted octanol–water partition coefficient (Wildman–Crippen LogP) is -1.41. The van der Waals surface area contributed by atoms with Crippen LogP contribution in [0.2, 0.25) is 0 Å². The Labute approximate surface area is 231 Å². The van der Waals surface area contributed by atoms with E-state index in [1.54, 1.807) is 0 Å². The van der Waals surface area contributed by atoms with Gasteiger partial charge < -0.3 is 64.6 Å². The molecule has 0 bridgehead atoms. The van der Waals surface area contributed by atoms with Crippen molar-refractivity contribution in [3.8, 4) is 28.6 Å². The molecule has 0 aliphatic carbocycles. The number of ether oxygens (including phenoxy) is 3. The van der Waals surface area contributed by atoms with Crippen LogP contribution >= 0.6 is 0 Å². The smallest absolute Gasteiger partial charge is 0.229 e. The summed E-state index contributed by atoms with van der Waals surface area (Å²) >= 11 is 0. The summed E-state index contributed by atoms with van der Waals surface area (Å²) in [5, 5.41) is 92.5. The number of hydrogen-bond acceptors (Lipinski definition) is 14. The molecule has 2 aliphatic heterocycles. The fourth-order valence-electron chi connectivity index (χ4n) is 5.02. The molecule has 9 N–H and O–H groups in total. The first-order valence-corrected chi connectivity index (χ1v) is 12.7. The Balaban J connectivity index is 1.73. The van der Waals surface area contributed by atoms with E-state index in [9.17, 15) is 50.8 Å². The molecule has 14 heteroatoms. The summed E-state index contributed by atoms with van der Waals surface area (Å²) in [4.78, 5) is 13.2. The Bertz CT molecular complexity index is 1450. The van der Waals surface area contributed by atoms with Gasteiger partial charge in [-0.2, -0.15) is 0 Å². The molecule has 3 heterocycles. The van der Waals surface area contributed by atoms with Crippen LogP contribution in [0.3, 0.4) is 0 Å². The van der Waals surface area contributed by atoms with Gasteiger partial charge in [0.15, 0.2) is 11.0 Å². The van der Waals surface area contributed by atoms with Crippen molar-refractivity contribution < 1.29 is 64.6 Å². The van der Waals surface area contributed by atoms with Crippen LogP contribution in [0, 0.1) is 0 Å². The van der Waals surface area contributed by atoms with Crippen molar-refractivity contribution in [2.45, 2.75) is 68.1 Å². The number of hydrogen-bond donors (Lipinski definition) is 9. The molecular weight excluding hydrogens is 548 g/mol. The third-order valence-electron chi connectivity index (χ3n) is 7.36. The molecule has 2 saturated heterocycles. The molecule has 3 aromatic rings. The highest BCUT2D eigenvalue weighted by Gasteiger charge is 2.48. The first-order valence-electron chi connectivity index (χ1n) is 12.7. The van der Waals surface area contributed by atoms with Crippen LogP contribution in [0.15, 0.2) is 45.6 Å². The van der Waals surface area contributed by atoms with E-state index in [-0.39, 0.29) is 33.8 Å². The summed E-state index contributed by atoms with van der Waals surface area (Å²) in [6, 6.07) is 7.63. The zero-order chi connectivity index (χ0) is 29.7. The quantitative estimate of drug-likeness (QED) is 0.169. The van der Waals surface area contributed by atoms with Crippen molar-refractivity contribution in [1.82, 2.24) is 0 Å². The van der Waals surface area contributed by atoms with E-state index >= 15 is 0 Å². The topological polar surface area (TPSA) is 240 Å². The fraction of sp³-hybridized carbons (Fsp3) is 0.444. The standard InChI is InChI=1S/C27H30O14/c1-9-19(32)21(34)24(37)27(38-9)41-15-7-13(31)17-12(30)6-14(10-2-4-11(29)5-3-10)39-25(17)18(15)26-23(36)22(35)20(33)16(8-28)40-26/h2-7,9,16,19-24,26-29,31-37H,8H2,1H3/t9-,16+,19-,20-,21+,22-,23-,24+,26-,27+/m0/s1. The van der Waals surface area contributed by atoms with E-state index in [1.807, 2.05) is 0 Å². The summed E-state index contributed by atoms with van der Waals surface area (Å²) in [7, 11) is 0. The Kier molecular flexibility index (Phi) is 7.95. The molecule has 2 aliphatic rings. The molecule has 0 unspecified atom stereocenters. The van der Waals surface area contributed by atoms with Crippen LogP contribution in [-0.2, 0) is 9.47 Å². The second-order valence-electron chi connectivity index (χ2n) is 10.1. The van der Waals surface area contributed by atoms with E-state index in [1.165, 1.54) is 31.2 Å². The number of benzene rings is 2. The Morgan fingerprint density at radius 2 is 1.49 bits per heavy atom. The highest BCUT2D eigenvalue weighted by Crippen LogP contribution is 2.45. The number of phenolic OH excluding ortho intramolecular Hbond substituents is 2. The Morgan fingerprint density at radius 3 is 2.15 bits per heavy atom. The normalized spacial score (nSPS) is 34.0. The van der Waals surface area contributed by atoms with Crippen LogP contribution in [0.1, 0.15) is 18.6 Å². The van der Waals surface area contributed by atoms with Gasteiger partial charge in [0.25, 0.3) is 0 Å². The van der Waals surface area contributed by atoms with E-state index in [0.717, 1.165) is 12.1 Å². The highest BCUT2D eigenvalue weighted by atomic mass is 16.7. The summed E-state index contributed by atoms with van der Waals surface area (Å²) in [5.41, 5.74) is -1.04. The zero-order valence-corrected chi connectivity index (χ0v) is 21.5. The second-order valence-corrected chi connectivity index (χ2v) is 10.1. The Hall–Kier alpha value is -3.31. The van der Waals surface area contributed by atoms with Gasteiger partial charge in [0.2, 0.25) is 6.29 Å². The van der Waals surface area contributed by atoms with Gasteiger partial charge in [0.1, 0.15) is 77.2 Å². The largest absolute Gasteiger partial charge is 0.508 e. The van der Waals surface area contributed by atoms with Crippen LogP contribution in [-0.4, -0.2) is 108 Å². The van der Waals surface area contributed by atoms with Gasteiger partial charge in [-0.25, -0.2) is 0 Å². The van der Waals surface area contributed by atoms with E-state index in [0.29, 0.717) is 5.56 Å². The monoisotopic (exact) mass is 578 g/mol. The van der Waals surface area contributed by atoms with Gasteiger partial charge in [0, 0.05) is 17.7 Å². The SMILES string of the molecule is C[C@@H]1O[C@H](Oc2cc(O)c3c(=O)cc(-c4ccc(O)cc4)oc3c2[C@@H]2O[C@H](CO)[C@H](O)[C@H](O)[C@@H]2O)[C@H](O)[C@H](O)[C@H]1O. The van der Waals surface area contributed by atoms with Crippen LogP contribution < -0.4 is 10.2 Å². The van der Waals surface area contributed by atoms with E-state index in [2.05, 4.69) is 0 Å². The van der Waals surface area contributed by atoms with Gasteiger partial charge >= 0.3 is 0 Å². The first-order chi connectivity index (χ1) is 19.4. The minimum Gasteiger partial charge on any atom is -0.508 e. The van der Waals surface area contributed by atoms with Gasteiger partial charge in [-0.1, -0.05) is 0 Å². The average Bonchev–Trinajstić information content (AvgIpc) is 2.94. The number of rotatable bonds is 5. The van der Waals surface area contributed by atoms with Crippen molar-refractivity contribution in [1.29, 1.82) is 0 Å². The lowest BCUT2D eigenvalue weighted by Gasteiger charge is -2.42. The maximum absolute atomic E-state index is 13.2. The molecule has 0 radical (unpaired) electrons. The maximum Gasteiger partial charge on any atom is 0.229 e. The van der Waals surface area contributed by atoms with E-state index in [4.69, 9.17) is 18.6 Å². The molecule has 0 spiro atoms. The van der Waals surface area contributed by atoms with Gasteiger partial charge in [-0.05, 0) is 31.2 Å². The molecule has 222 valence electrons. The second kappa shape index (κ2) is 11.2. The molecule has 1 aromatic heterocycles.